The molecule has 2 aromatic carbocycles. The number of primary amides is 1. The molecule has 30 heavy (non-hydrogen) atoms. The monoisotopic (exact) mass is 413 g/mol. The van der Waals surface area contributed by atoms with Gasteiger partial charge in [-0.05, 0) is 29.8 Å². The number of methoxy groups -OCH3 is 2. The topological polar surface area (TPSA) is 94.3 Å². The number of hydrogen-bond donors (Lipinski definition) is 1. The second-order valence-electron chi connectivity index (χ2n) is 6.95. The average molecular weight is 413 g/mol. The standard InChI is InChI=1S/C22H27N3O5/c1-28-18-9-8-16(14-20(18)29-2)19(30-22(23)27)15-21(26)25-12-10-24(11-13-25)17-6-4-3-5-7-17/h3-9,14,19H,10-13,15H2,1-2H3,(H2,23,27). The van der Waals surface area contributed by atoms with Gasteiger partial charge < -0.3 is 29.7 Å². The van der Waals surface area contributed by atoms with Crippen LogP contribution in [0.1, 0.15) is 18.1 Å². The van der Waals surface area contributed by atoms with Gasteiger partial charge in [-0.2, -0.15) is 0 Å². The largest absolute Gasteiger partial charge is 0.493 e. The first-order valence-corrected chi connectivity index (χ1v) is 9.77. The number of anilines is 1. The van der Waals surface area contributed by atoms with E-state index in [-0.39, 0.29) is 12.3 Å². The van der Waals surface area contributed by atoms with Crippen molar-refractivity contribution in [1.82, 2.24) is 4.90 Å². The molecule has 0 aliphatic carbocycles. The van der Waals surface area contributed by atoms with Crippen LogP contribution in [0, 0.1) is 0 Å². The summed E-state index contributed by atoms with van der Waals surface area (Å²) in [5.74, 6) is 0.933. The molecule has 1 unspecified atom stereocenters. The van der Waals surface area contributed by atoms with Crippen LogP contribution >= 0.6 is 0 Å². The van der Waals surface area contributed by atoms with Crippen molar-refractivity contribution in [2.45, 2.75) is 12.5 Å². The molecule has 1 aliphatic rings. The molecule has 2 amide bonds. The molecule has 8 heteroatoms. The molecule has 1 fully saturated rings. The van der Waals surface area contributed by atoms with Gasteiger partial charge in [0.05, 0.1) is 20.6 Å². The zero-order valence-electron chi connectivity index (χ0n) is 17.2. The molecular weight excluding hydrogens is 386 g/mol. The van der Waals surface area contributed by atoms with E-state index in [9.17, 15) is 9.59 Å². The highest BCUT2D eigenvalue weighted by molar-refractivity contribution is 5.78. The van der Waals surface area contributed by atoms with E-state index in [4.69, 9.17) is 19.9 Å². The van der Waals surface area contributed by atoms with Gasteiger partial charge in [-0.25, -0.2) is 4.79 Å². The van der Waals surface area contributed by atoms with Crippen molar-refractivity contribution in [3.05, 3.63) is 54.1 Å². The third kappa shape index (κ3) is 5.14. The highest BCUT2D eigenvalue weighted by Gasteiger charge is 2.27. The Morgan fingerprint density at radius 2 is 1.63 bits per heavy atom. The molecule has 1 atom stereocenters. The maximum atomic E-state index is 12.9. The molecule has 0 spiro atoms. The summed E-state index contributed by atoms with van der Waals surface area (Å²) < 4.78 is 15.8. The zero-order chi connectivity index (χ0) is 21.5. The minimum absolute atomic E-state index is 0.00373. The number of rotatable bonds is 7. The smallest absolute Gasteiger partial charge is 0.405 e. The highest BCUT2D eigenvalue weighted by Crippen LogP contribution is 2.32. The predicted octanol–water partition coefficient (Wildman–Crippen LogP) is 2.58. The molecule has 1 heterocycles. The van der Waals surface area contributed by atoms with Crippen molar-refractivity contribution in [3.63, 3.8) is 0 Å². The Labute approximate surface area is 176 Å². The minimum atomic E-state index is -0.934. The number of ether oxygens (including phenoxy) is 3. The van der Waals surface area contributed by atoms with Crippen LogP contribution in [0.4, 0.5) is 10.5 Å². The number of hydrogen-bond acceptors (Lipinski definition) is 6. The number of carbonyl (C=O) groups excluding carboxylic acids is 2. The van der Waals surface area contributed by atoms with E-state index in [0.29, 0.717) is 30.2 Å². The minimum Gasteiger partial charge on any atom is -0.493 e. The number of nitrogens with two attached hydrogens (primary N) is 1. The van der Waals surface area contributed by atoms with Crippen LogP contribution in [-0.4, -0.2) is 57.3 Å². The van der Waals surface area contributed by atoms with E-state index in [1.165, 1.54) is 14.2 Å². The zero-order valence-corrected chi connectivity index (χ0v) is 17.2. The van der Waals surface area contributed by atoms with Gasteiger partial charge in [-0.1, -0.05) is 24.3 Å². The molecule has 2 N–H and O–H groups in total. The Morgan fingerprint density at radius 3 is 2.23 bits per heavy atom. The Balaban J connectivity index is 1.67. The number of benzene rings is 2. The molecule has 1 saturated heterocycles. The lowest BCUT2D eigenvalue weighted by Gasteiger charge is -2.36. The van der Waals surface area contributed by atoms with Crippen LogP contribution in [0.3, 0.4) is 0 Å². The number of para-hydroxylation sites is 1. The van der Waals surface area contributed by atoms with Crippen LogP contribution < -0.4 is 20.1 Å². The fourth-order valence-electron chi connectivity index (χ4n) is 3.56. The van der Waals surface area contributed by atoms with Gasteiger partial charge in [0.2, 0.25) is 5.91 Å². The van der Waals surface area contributed by atoms with Crippen molar-refractivity contribution >= 4 is 17.7 Å². The van der Waals surface area contributed by atoms with Crippen LogP contribution in [0.25, 0.3) is 0 Å². The van der Waals surface area contributed by atoms with Crippen molar-refractivity contribution in [1.29, 1.82) is 0 Å². The first-order valence-electron chi connectivity index (χ1n) is 9.77. The number of amides is 2. The Hall–Kier alpha value is -3.42. The summed E-state index contributed by atoms with van der Waals surface area (Å²) in [4.78, 5) is 28.4. The molecule has 3 rings (SSSR count). The van der Waals surface area contributed by atoms with Crippen LogP contribution in [-0.2, 0) is 9.53 Å². The maximum absolute atomic E-state index is 12.9. The highest BCUT2D eigenvalue weighted by atomic mass is 16.6. The third-order valence-electron chi connectivity index (χ3n) is 5.15. The van der Waals surface area contributed by atoms with Crippen LogP contribution in [0.15, 0.2) is 48.5 Å². The van der Waals surface area contributed by atoms with Crippen molar-refractivity contribution in [2.24, 2.45) is 5.73 Å². The van der Waals surface area contributed by atoms with E-state index >= 15 is 0 Å². The summed E-state index contributed by atoms with van der Waals surface area (Å²) in [6, 6.07) is 15.2. The Bertz CT molecular complexity index is 866. The Morgan fingerprint density at radius 1 is 0.967 bits per heavy atom. The number of piperazine rings is 1. The first-order chi connectivity index (χ1) is 14.5. The molecular formula is C22H27N3O5. The molecule has 8 nitrogen and oxygen atoms in total. The van der Waals surface area contributed by atoms with Gasteiger partial charge in [-0.3, -0.25) is 4.79 Å². The summed E-state index contributed by atoms with van der Waals surface area (Å²) in [5.41, 5.74) is 7.00. The molecule has 0 radical (unpaired) electrons. The van der Waals surface area contributed by atoms with Crippen molar-refractivity contribution in [2.75, 3.05) is 45.3 Å². The maximum Gasteiger partial charge on any atom is 0.405 e. The summed E-state index contributed by atoms with van der Waals surface area (Å²) in [6.07, 6.45) is -1.73. The fraction of sp³-hybridized carbons (Fsp3) is 0.364. The Kier molecular flexibility index (Phi) is 7.00. The van der Waals surface area contributed by atoms with Crippen LogP contribution in [0.2, 0.25) is 0 Å². The van der Waals surface area contributed by atoms with E-state index in [1.807, 2.05) is 18.2 Å². The number of nitrogens with zero attached hydrogens (tertiary/aromatic N) is 2. The summed E-state index contributed by atoms with van der Waals surface area (Å²) in [6.45, 7) is 2.69. The van der Waals surface area contributed by atoms with E-state index in [1.54, 1.807) is 23.1 Å². The van der Waals surface area contributed by atoms with Crippen molar-refractivity contribution < 1.29 is 23.8 Å². The molecule has 160 valence electrons. The first kappa shape index (κ1) is 21.3. The second-order valence-corrected chi connectivity index (χ2v) is 6.95. The summed E-state index contributed by atoms with van der Waals surface area (Å²) in [7, 11) is 3.05. The molecule has 0 bridgehead atoms. The van der Waals surface area contributed by atoms with Crippen molar-refractivity contribution in [3.8, 4) is 11.5 Å². The van der Waals surface area contributed by atoms with Crippen LogP contribution in [0.5, 0.6) is 11.5 Å². The van der Waals surface area contributed by atoms with E-state index < -0.39 is 12.2 Å². The van der Waals surface area contributed by atoms with Gasteiger partial charge in [0.15, 0.2) is 11.5 Å². The molecule has 1 aliphatic heterocycles. The molecule has 0 aromatic heterocycles. The normalized spacial score (nSPS) is 14.7. The average Bonchev–Trinajstić information content (AvgIpc) is 2.78. The van der Waals surface area contributed by atoms with Gasteiger partial charge >= 0.3 is 6.09 Å². The quantitative estimate of drug-likeness (QED) is 0.750. The van der Waals surface area contributed by atoms with E-state index in [0.717, 1.165) is 18.8 Å². The van der Waals surface area contributed by atoms with Gasteiger partial charge in [0.1, 0.15) is 6.10 Å². The van der Waals surface area contributed by atoms with E-state index in [2.05, 4.69) is 17.0 Å². The summed E-state index contributed by atoms with van der Waals surface area (Å²) >= 11 is 0. The summed E-state index contributed by atoms with van der Waals surface area (Å²) in [5, 5.41) is 0. The van der Waals surface area contributed by atoms with Gasteiger partial charge in [0, 0.05) is 31.9 Å². The fourth-order valence-corrected chi connectivity index (χ4v) is 3.56. The lowest BCUT2D eigenvalue weighted by Crippen LogP contribution is -2.49. The van der Waals surface area contributed by atoms with Gasteiger partial charge in [0.25, 0.3) is 0 Å². The lowest BCUT2D eigenvalue weighted by molar-refractivity contribution is -0.133. The predicted molar refractivity (Wildman–Crippen MR) is 113 cm³/mol. The SMILES string of the molecule is COc1ccc(C(CC(=O)N2CCN(c3ccccc3)CC2)OC(N)=O)cc1OC. The molecule has 0 saturated carbocycles. The second kappa shape index (κ2) is 9.87. The lowest BCUT2D eigenvalue weighted by atomic mass is 10.0. The number of carbonyl (C=O) groups is 2. The van der Waals surface area contributed by atoms with Gasteiger partial charge in [-0.15, -0.1) is 0 Å². The molecule has 2 aromatic rings. The third-order valence-corrected chi connectivity index (χ3v) is 5.15.